The Balaban J connectivity index is 2.22. The largest absolute Gasteiger partial charge is 0.383 e. The summed E-state index contributed by atoms with van der Waals surface area (Å²) in [6, 6.07) is 6.61. The molecular formula is C13H19NO4S. The number of nitrogens with zero attached hydrogens (tertiary/aromatic N) is 1. The lowest BCUT2D eigenvalue weighted by Gasteiger charge is -2.07. The number of rotatable bonds is 6. The van der Waals surface area contributed by atoms with Gasteiger partial charge in [-0.3, -0.25) is 0 Å². The van der Waals surface area contributed by atoms with Crippen LogP contribution in [0.5, 0.6) is 0 Å². The zero-order valence-electron chi connectivity index (χ0n) is 11.4. The Labute approximate surface area is 114 Å². The van der Waals surface area contributed by atoms with Crippen LogP contribution in [-0.4, -0.2) is 52.2 Å². The molecule has 106 valence electrons. The lowest BCUT2D eigenvalue weighted by molar-refractivity contribution is 0.179. The summed E-state index contributed by atoms with van der Waals surface area (Å²) in [5.74, 6) is 0. The molecule has 5 nitrogen and oxygen atoms in total. The quantitative estimate of drug-likeness (QED) is 0.733. The fraction of sp³-hybridized carbons (Fsp3) is 0.538. The second-order valence-electron chi connectivity index (χ2n) is 4.69. The van der Waals surface area contributed by atoms with Gasteiger partial charge in [-0.1, -0.05) is 17.7 Å². The van der Waals surface area contributed by atoms with E-state index in [1.54, 1.807) is 38.5 Å². The maximum absolute atomic E-state index is 12.5. The Morgan fingerprint density at radius 2 is 1.53 bits per heavy atom. The van der Waals surface area contributed by atoms with Crippen LogP contribution in [-0.2, 0) is 19.5 Å². The van der Waals surface area contributed by atoms with E-state index >= 15 is 0 Å². The molecule has 1 aliphatic heterocycles. The van der Waals surface area contributed by atoms with Gasteiger partial charge in [0.25, 0.3) is 0 Å². The molecule has 0 N–H and O–H groups in total. The SMILES string of the molecule is COC[C@@H]1[C@@H](COC)N1S(=O)(=O)c1ccc(C)cc1. The molecule has 1 aromatic rings. The molecule has 0 aliphatic carbocycles. The highest BCUT2D eigenvalue weighted by molar-refractivity contribution is 7.89. The topological polar surface area (TPSA) is 55.6 Å². The average Bonchev–Trinajstić information content (AvgIpc) is 3.04. The van der Waals surface area contributed by atoms with Gasteiger partial charge in [0.2, 0.25) is 10.0 Å². The van der Waals surface area contributed by atoms with Crippen molar-refractivity contribution in [1.29, 1.82) is 0 Å². The summed E-state index contributed by atoms with van der Waals surface area (Å²) in [5.41, 5.74) is 1.03. The van der Waals surface area contributed by atoms with Crippen LogP contribution in [0.15, 0.2) is 29.2 Å². The Morgan fingerprint density at radius 1 is 1.05 bits per heavy atom. The van der Waals surface area contributed by atoms with Gasteiger partial charge in [0.1, 0.15) is 0 Å². The van der Waals surface area contributed by atoms with E-state index in [0.29, 0.717) is 18.1 Å². The highest BCUT2D eigenvalue weighted by Gasteiger charge is 2.55. The van der Waals surface area contributed by atoms with Gasteiger partial charge in [0.05, 0.1) is 30.2 Å². The Hall–Kier alpha value is -0.950. The molecule has 19 heavy (non-hydrogen) atoms. The van der Waals surface area contributed by atoms with Gasteiger partial charge in [-0.15, -0.1) is 0 Å². The van der Waals surface area contributed by atoms with Crippen molar-refractivity contribution < 1.29 is 17.9 Å². The van der Waals surface area contributed by atoms with Gasteiger partial charge in [-0.05, 0) is 19.1 Å². The molecule has 0 amide bonds. The van der Waals surface area contributed by atoms with E-state index in [0.717, 1.165) is 5.56 Å². The summed E-state index contributed by atoms with van der Waals surface area (Å²) in [6.07, 6.45) is 0. The summed E-state index contributed by atoms with van der Waals surface area (Å²) in [4.78, 5) is 0.317. The summed E-state index contributed by atoms with van der Waals surface area (Å²) < 4.78 is 36.6. The smallest absolute Gasteiger partial charge is 0.243 e. The van der Waals surface area contributed by atoms with E-state index in [-0.39, 0.29) is 12.1 Å². The zero-order chi connectivity index (χ0) is 14.0. The van der Waals surface area contributed by atoms with E-state index in [9.17, 15) is 8.42 Å². The molecular weight excluding hydrogens is 266 g/mol. The van der Waals surface area contributed by atoms with Crippen molar-refractivity contribution in [2.75, 3.05) is 27.4 Å². The first-order valence-corrected chi connectivity index (χ1v) is 7.54. The zero-order valence-corrected chi connectivity index (χ0v) is 12.2. The third-order valence-electron chi connectivity index (χ3n) is 3.28. The number of sulfonamides is 1. The Morgan fingerprint density at radius 3 is 1.95 bits per heavy atom. The van der Waals surface area contributed by atoms with Gasteiger partial charge in [-0.2, -0.15) is 4.31 Å². The molecule has 0 aromatic heterocycles. The summed E-state index contributed by atoms with van der Waals surface area (Å²) in [6.45, 7) is 2.70. The van der Waals surface area contributed by atoms with Crippen LogP contribution in [0.25, 0.3) is 0 Å². The number of ether oxygens (including phenoxy) is 2. The molecule has 2 atom stereocenters. The molecule has 1 fully saturated rings. The van der Waals surface area contributed by atoms with Crippen LogP contribution in [0.1, 0.15) is 5.56 Å². The van der Waals surface area contributed by atoms with Crippen LogP contribution in [0.4, 0.5) is 0 Å². The van der Waals surface area contributed by atoms with Crippen LogP contribution >= 0.6 is 0 Å². The number of aryl methyl sites for hydroxylation is 1. The Bertz CT molecular complexity index is 514. The number of methoxy groups -OCH3 is 2. The maximum Gasteiger partial charge on any atom is 0.243 e. The van der Waals surface area contributed by atoms with E-state index in [1.165, 1.54) is 4.31 Å². The van der Waals surface area contributed by atoms with Gasteiger partial charge in [-0.25, -0.2) is 8.42 Å². The molecule has 0 saturated carbocycles. The second kappa shape index (κ2) is 5.58. The van der Waals surface area contributed by atoms with Crippen LogP contribution in [0, 0.1) is 6.92 Å². The molecule has 0 unspecified atom stereocenters. The molecule has 1 saturated heterocycles. The van der Waals surface area contributed by atoms with Gasteiger partial charge in [0.15, 0.2) is 0 Å². The molecule has 0 bridgehead atoms. The summed E-state index contributed by atoms with van der Waals surface area (Å²) in [7, 11) is -0.315. The highest BCUT2D eigenvalue weighted by atomic mass is 32.2. The molecule has 1 aliphatic rings. The van der Waals surface area contributed by atoms with Crippen molar-refractivity contribution >= 4 is 10.0 Å². The fourth-order valence-electron chi connectivity index (χ4n) is 2.21. The fourth-order valence-corrected chi connectivity index (χ4v) is 3.99. The lowest BCUT2D eigenvalue weighted by Crippen LogP contribution is -2.18. The first-order chi connectivity index (χ1) is 9.02. The van der Waals surface area contributed by atoms with Crippen molar-refractivity contribution in [3.8, 4) is 0 Å². The first kappa shape index (κ1) is 14.5. The van der Waals surface area contributed by atoms with E-state index in [2.05, 4.69) is 0 Å². The van der Waals surface area contributed by atoms with Gasteiger partial charge < -0.3 is 9.47 Å². The third-order valence-corrected chi connectivity index (χ3v) is 5.24. The van der Waals surface area contributed by atoms with Crippen molar-refractivity contribution in [3.63, 3.8) is 0 Å². The predicted octanol–water partition coefficient (Wildman–Crippen LogP) is 1.03. The number of hydrogen-bond donors (Lipinski definition) is 0. The van der Waals surface area contributed by atoms with E-state index in [4.69, 9.17) is 9.47 Å². The minimum atomic E-state index is -3.45. The minimum Gasteiger partial charge on any atom is -0.383 e. The van der Waals surface area contributed by atoms with Crippen molar-refractivity contribution in [2.24, 2.45) is 0 Å². The molecule has 0 radical (unpaired) electrons. The second-order valence-corrected chi connectivity index (χ2v) is 6.54. The van der Waals surface area contributed by atoms with Gasteiger partial charge in [0, 0.05) is 14.2 Å². The Kier molecular flexibility index (Phi) is 4.25. The number of benzene rings is 1. The monoisotopic (exact) mass is 285 g/mol. The van der Waals surface area contributed by atoms with Crippen LogP contribution in [0.3, 0.4) is 0 Å². The molecule has 1 aromatic carbocycles. The normalized spacial score (nSPS) is 26.4. The van der Waals surface area contributed by atoms with Crippen LogP contribution in [0.2, 0.25) is 0 Å². The van der Waals surface area contributed by atoms with Crippen molar-refractivity contribution in [2.45, 2.75) is 23.9 Å². The minimum absolute atomic E-state index is 0.128. The first-order valence-electron chi connectivity index (χ1n) is 6.10. The lowest BCUT2D eigenvalue weighted by atomic mass is 10.2. The average molecular weight is 285 g/mol. The van der Waals surface area contributed by atoms with E-state index in [1.807, 2.05) is 6.92 Å². The highest BCUT2D eigenvalue weighted by Crippen LogP contribution is 2.36. The maximum atomic E-state index is 12.5. The van der Waals surface area contributed by atoms with Crippen LogP contribution < -0.4 is 0 Å². The molecule has 2 rings (SSSR count). The molecule has 6 heteroatoms. The standard InChI is InChI=1S/C13H19NO4S/c1-10-4-6-11(7-5-10)19(15,16)14-12(8-17-2)13(14)9-18-3/h4-7,12-13H,8-9H2,1-3H3/t12-,13-/m1/s1. The molecule has 0 spiro atoms. The van der Waals surface area contributed by atoms with Crippen molar-refractivity contribution in [3.05, 3.63) is 29.8 Å². The number of hydrogen-bond acceptors (Lipinski definition) is 4. The summed E-state index contributed by atoms with van der Waals surface area (Å²) in [5, 5.41) is 0. The predicted molar refractivity (Wildman–Crippen MR) is 71.5 cm³/mol. The summed E-state index contributed by atoms with van der Waals surface area (Å²) >= 11 is 0. The van der Waals surface area contributed by atoms with Gasteiger partial charge >= 0.3 is 0 Å². The third kappa shape index (κ3) is 2.81. The van der Waals surface area contributed by atoms with E-state index < -0.39 is 10.0 Å². The molecule has 1 heterocycles. The van der Waals surface area contributed by atoms with Crippen molar-refractivity contribution in [1.82, 2.24) is 4.31 Å².